The van der Waals surface area contributed by atoms with Gasteiger partial charge in [-0.25, -0.2) is 0 Å². The van der Waals surface area contributed by atoms with Gasteiger partial charge in [-0.15, -0.1) is 0 Å². The van der Waals surface area contributed by atoms with Crippen LogP contribution in [0.4, 0.5) is 0 Å². The van der Waals surface area contributed by atoms with Crippen LogP contribution in [0, 0.1) is 0 Å². The molecule has 138 valence electrons. The summed E-state index contributed by atoms with van der Waals surface area (Å²) < 4.78 is 11.4. The van der Waals surface area contributed by atoms with Crippen molar-refractivity contribution in [3.05, 3.63) is 29.8 Å². The Morgan fingerprint density at radius 3 is 2.84 bits per heavy atom. The second-order valence-electron chi connectivity index (χ2n) is 6.65. The zero-order valence-electron chi connectivity index (χ0n) is 15.3. The number of nitrogens with zero attached hydrogens (tertiary/aromatic N) is 2. The summed E-state index contributed by atoms with van der Waals surface area (Å²) in [4.78, 5) is 7.19. The molecule has 2 heterocycles. The van der Waals surface area contributed by atoms with Crippen molar-refractivity contribution in [3.8, 4) is 5.75 Å². The molecule has 2 unspecified atom stereocenters. The van der Waals surface area contributed by atoms with E-state index in [1.165, 1.54) is 5.56 Å². The molecule has 25 heavy (non-hydrogen) atoms. The average Bonchev–Trinajstić information content (AvgIpc) is 3.07. The second kappa shape index (κ2) is 9.06. The third kappa shape index (κ3) is 5.09. The van der Waals surface area contributed by atoms with E-state index in [-0.39, 0.29) is 6.10 Å². The summed E-state index contributed by atoms with van der Waals surface area (Å²) in [5, 5.41) is 6.75. The number of aliphatic imine (C=N–C) groups is 1. The molecule has 0 amide bonds. The lowest BCUT2D eigenvalue weighted by Gasteiger charge is -2.31. The first-order valence-electron chi connectivity index (χ1n) is 9.34. The van der Waals surface area contributed by atoms with Crippen molar-refractivity contribution >= 4 is 5.96 Å². The molecule has 0 radical (unpaired) electrons. The lowest BCUT2D eigenvalue weighted by molar-refractivity contribution is 0.0220. The quantitative estimate of drug-likeness (QED) is 0.600. The van der Waals surface area contributed by atoms with E-state index in [2.05, 4.69) is 41.5 Å². The van der Waals surface area contributed by atoms with E-state index in [9.17, 15) is 0 Å². The summed E-state index contributed by atoms with van der Waals surface area (Å²) >= 11 is 0. The summed E-state index contributed by atoms with van der Waals surface area (Å²) in [6.45, 7) is 10.3. The molecule has 1 saturated heterocycles. The normalized spacial score (nSPS) is 22.2. The van der Waals surface area contributed by atoms with Crippen molar-refractivity contribution in [1.29, 1.82) is 0 Å². The molecule has 1 aromatic carbocycles. The smallest absolute Gasteiger partial charge is 0.191 e. The predicted octanol–water partition coefficient (Wildman–Crippen LogP) is 1.27. The number of rotatable bonds is 6. The maximum absolute atomic E-state index is 5.99. The Balaban J connectivity index is 1.47. The Kier molecular flexibility index (Phi) is 6.53. The molecule has 6 nitrogen and oxygen atoms in total. The van der Waals surface area contributed by atoms with Gasteiger partial charge in [0.15, 0.2) is 5.96 Å². The lowest BCUT2D eigenvalue weighted by atomic mass is 10.1. The van der Waals surface area contributed by atoms with Crippen LogP contribution in [0.5, 0.6) is 5.75 Å². The van der Waals surface area contributed by atoms with Crippen LogP contribution in [0.25, 0.3) is 0 Å². The highest BCUT2D eigenvalue weighted by molar-refractivity contribution is 5.79. The Morgan fingerprint density at radius 2 is 2.08 bits per heavy atom. The monoisotopic (exact) mass is 346 g/mol. The number of guanidine groups is 1. The molecule has 2 aliphatic heterocycles. The van der Waals surface area contributed by atoms with Gasteiger partial charge in [-0.3, -0.25) is 9.89 Å². The molecule has 0 saturated carbocycles. The number of ether oxygens (including phenoxy) is 2. The first-order valence-corrected chi connectivity index (χ1v) is 9.34. The zero-order chi connectivity index (χ0) is 17.5. The van der Waals surface area contributed by atoms with Crippen LogP contribution in [0.15, 0.2) is 29.3 Å². The number of hydrogen-bond acceptors (Lipinski definition) is 4. The first kappa shape index (κ1) is 18.0. The molecule has 1 fully saturated rings. The standard InChI is InChI=1S/C19H30N4O2/c1-3-20-19(21-13-15(2)23-8-10-24-11-9-23)22-14-17-12-16-6-4-5-7-18(16)25-17/h4-7,15,17H,3,8-14H2,1-2H3,(H2,20,21,22). The van der Waals surface area contributed by atoms with Crippen molar-refractivity contribution in [3.63, 3.8) is 0 Å². The van der Waals surface area contributed by atoms with E-state index in [1.54, 1.807) is 0 Å². The van der Waals surface area contributed by atoms with E-state index in [1.807, 2.05) is 12.1 Å². The number of nitrogens with one attached hydrogen (secondary N) is 2. The summed E-state index contributed by atoms with van der Waals surface area (Å²) in [7, 11) is 0. The molecule has 0 spiro atoms. The average molecular weight is 346 g/mol. The van der Waals surface area contributed by atoms with Gasteiger partial charge in [0.25, 0.3) is 0 Å². The van der Waals surface area contributed by atoms with Gasteiger partial charge < -0.3 is 20.1 Å². The maximum Gasteiger partial charge on any atom is 0.191 e. The maximum atomic E-state index is 5.99. The molecular weight excluding hydrogens is 316 g/mol. The van der Waals surface area contributed by atoms with Crippen molar-refractivity contribution in [2.45, 2.75) is 32.4 Å². The number of benzene rings is 1. The van der Waals surface area contributed by atoms with Crippen LogP contribution in [0.2, 0.25) is 0 Å². The van der Waals surface area contributed by atoms with Crippen molar-refractivity contribution < 1.29 is 9.47 Å². The van der Waals surface area contributed by atoms with Crippen LogP contribution in [-0.4, -0.2) is 68.9 Å². The van der Waals surface area contributed by atoms with E-state index >= 15 is 0 Å². The number of fused-ring (bicyclic) bond motifs is 1. The summed E-state index contributed by atoms with van der Waals surface area (Å²) in [6, 6.07) is 8.69. The Labute approximate surface area is 150 Å². The zero-order valence-corrected chi connectivity index (χ0v) is 15.3. The fourth-order valence-electron chi connectivity index (χ4n) is 3.28. The molecule has 0 aromatic heterocycles. The van der Waals surface area contributed by atoms with Gasteiger partial charge >= 0.3 is 0 Å². The van der Waals surface area contributed by atoms with Crippen LogP contribution >= 0.6 is 0 Å². The molecule has 2 N–H and O–H groups in total. The van der Waals surface area contributed by atoms with Gasteiger partial charge in [-0.05, 0) is 25.5 Å². The molecule has 0 aliphatic carbocycles. The van der Waals surface area contributed by atoms with Gasteiger partial charge in [0.05, 0.1) is 26.3 Å². The SMILES string of the molecule is CCNC(=NCC(C)N1CCOCC1)NCC1Cc2ccccc2O1. The summed E-state index contributed by atoms with van der Waals surface area (Å²) in [6.07, 6.45) is 1.12. The van der Waals surface area contributed by atoms with Gasteiger partial charge in [0.1, 0.15) is 11.9 Å². The van der Waals surface area contributed by atoms with E-state index in [0.29, 0.717) is 6.04 Å². The molecule has 6 heteroatoms. The lowest BCUT2D eigenvalue weighted by Crippen LogP contribution is -2.45. The van der Waals surface area contributed by atoms with E-state index in [4.69, 9.17) is 14.5 Å². The first-order chi connectivity index (χ1) is 12.3. The highest BCUT2D eigenvalue weighted by Crippen LogP contribution is 2.27. The van der Waals surface area contributed by atoms with Gasteiger partial charge in [-0.1, -0.05) is 18.2 Å². The minimum Gasteiger partial charge on any atom is -0.488 e. The molecule has 1 aromatic rings. The van der Waals surface area contributed by atoms with Gasteiger partial charge in [0, 0.05) is 32.1 Å². The van der Waals surface area contributed by atoms with Crippen LogP contribution < -0.4 is 15.4 Å². The van der Waals surface area contributed by atoms with E-state index < -0.39 is 0 Å². The third-order valence-corrected chi connectivity index (χ3v) is 4.74. The number of hydrogen-bond donors (Lipinski definition) is 2. The van der Waals surface area contributed by atoms with Crippen LogP contribution in [-0.2, 0) is 11.2 Å². The predicted molar refractivity (Wildman–Crippen MR) is 100 cm³/mol. The van der Waals surface area contributed by atoms with Crippen LogP contribution in [0.3, 0.4) is 0 Å². The third-order valence-electron chi connectivity index (χ3n) is 4.74. The van der Waals surface area contributed by atoms with Crippen molar-refractivity contribution in [1.82, 2.24) is 15.5 Å². The number of morpholine rings is 1. The summed E-state index contributed by atoms with van der Waals surface area (Å²) in [5.41, 5.74) is 1.29. The van der Waals surface area contributed by atoms with Crippen molar-refractivity contribution in [2.24, 2.45) is 4.99 Å². The minimum atomic E-state index is 0.165. The molecule has 2 aliphatic rings. The van der Waals surface area contributed by atoms with Crippen molar-refractivity contribution in [2.75, 3.05) is 45.9 Å². The fourth-order valence-corrected chi connectivity index (χ4v) is 3.28. The minimum absolute atomic E-state index is 0.165. The highest BCUT2D eigenvalue weighted by Gasteiger charge is 2.22. The fraction of sp³-hybridized carbons (Fsp3) is 0.632. The topological polar surface area (TPSA) is 58.1 Å². The molecule has 3 rings (SSSR count). The number of para-hydroxylation sites is 1. The Bertz CT molecular complexity index is 547. The molecular formula is C19H30N4O2. The van der Waals surface area contributed by atoms with E-state index in [0.717, 1.165) is 64.1 Å². The van der Waals surface area contributed by atoms with Gasteiger partial charge in [0.2, 0.25) is 0 Å². The Morgan fingerprint density at radius 1 is 1.28 bits per heavy atom. The van der Waals surface area contributed by atoms with Crippen LogP contribution in [0.1, 0.15) is 19.4 Å². The second-order valence-corrected chi connectivity index (χ2v) is 6.65. The molecule has 2 atom stereocenters. The Hall–Kier alpha value is -1.79. The largest absolute Gasteiger partial charge is 0.488 e. The van der Waals surface area contributed by atoms with Gasteiger partial charge in [-0.2, -0.15) is 0 Å². The summed E-state index contributed by atoms with van der Waals surface area (Å²) in [5.74, 6) is 1.87. The highest BCUT2D eigenvalue weighted by atomic mass is 16.5. The molecule has 0 bridgehead atoms.